The SMILES string of the molecule is C1CCCCC1.CCCC(=O)[O-].CCCC(=O)[O-].CCCC(=O)[O-].[Al+3]. The summed E-state index contributed by atoms with van der Waals surface area (Å²) >= 11 is 0. The van der Waals surface area contributed by atoms with Crippen molar-refractivity contribution in [2.24, 2.45) is 0 Å². The van der Waals surface area contributed by atoms with Gasteiger partial charge in [-0.3, -0.25) is 0 Å². The molecule has 0 aromatic heterocycles. The van der Waals surface area contributed by atoms with Gasteiger partial charge in [-0.15, -0.1) is 0 Å². The second-order valence-electron chi connectivity index (χ2n) is 5.49. The first kappa shape index (κ1) is 31.7. The van der Waals surface area contributed by atoms with E-state index >= 15 is 0 Å². The topological polar surface area (TPSA) is 120 Å². The van der Waals surface area contributed by atoms with Gasteiger partial charge in [-0.25, -0.2) is 0 Å². The number of carboxylic acid groups (broad SMARTS) is 3. The summed E-state index contributed by atoms with van der Waals surface area (Å²) < 4.78 is 0. The maximum absolute atomic E-state index is 9.49. The molecule has 0 atom stereocenters. The van der Waals surface area contributed by atoms with Gasteiger partial charge < -0.3 is 29.7 Å². The summed E-state index contributed by atoms with van der Waals surface area (Å²) in [6, 6.07) is 0. The molecule has 144 valence electrons. The molecule has 1 aliphatic carbocycles. The van der Waals surface area contributed by atoms with Crippen molar-refractivity contribution in [2.45, 2.75) is 97.8 Å². The van der Waals surface area contributed by atoms with Gasteiger partial charge in [0, 0.05) is 17.9 Å². The smallest absolute Gasteiger partial charge is 0.550 e. The van der Waals surface area contributed by atoms with Crippen LogP contribution in [0.2, 0.25) is 0 Å². The van der Waals surface area contributed by atoms with E-state index < -0.39 is 17.9 Å². The Hall–Kier alpha value is -1.06. The maximum atomic E-state index is 9.49. The summed E-state index contributed by atoms with van der Waals surface area (Å²) in [6.07, 6.45) is 11.5. The first-order valence-electron chi connectivity index (χ1n) is 8.91. The van der Waals surface area contributed by atoms with E-state index in [1.807, 2.05) is 0 Å². The molecule has 0 amide bonds. The Balaban J connectivity index is -0.000000116. The molecular weight excluding hydrogens is 339 g/mol. The van der Waals surface area contributed by atoms with Crippen LogP contribution in [-0.4, -0.2) is 35.3 Å². The molecule has 0 aromatic rings. The van der Waals surface area contributed by atoms with Crippen LogP contribution in [0.3, 0.4) is 0 Å². The first-order valence-corrected chi connectivity index (χ1v) is 8.91. The fourth-order valence-electron chi connectivity index (χ4n) is 1.67. The van der Waals surface area contributed by atoms with Crippen molar-refractivity contribution in [1.82, 2.24) is 0 Å². The van der Waals surface area contributed by atoms with Crippen molar-refractivity contribution in [3.05, 3.63) is 0 Å². The van der Waals surface area contributed by atoms with Crippen LogP contribution >= 0.6 is 0 Å². The average molecular weight is 372 g/mol. The molecule has 0 N–H and O–H groups in total. The summed E-state index contributed by atoms with van der Waals surface area (Å²) in [5.74, 6) is -2.88. The molecule has 0 unspecified atom stereocenters. The van der Waals surface area contributed by atoms with Crippen LogP contribution in [0, 0.1) is 0 Å². The van der Waals surface area contributed by atoms with E-state index in [0.29, 0.717) is 19.3 Å². The van der Waals surface area contributed by atoms with Crippen molar-refractivity contribution >= 4 is 35.3 Å². The van der Waals surface area contributed by atoms with Gasteiger partial charge in [0.1, 0.15) is 0 Å². The quantitative estimate of drug-likeness (QED) is 0.629. The summed E-state index contributed by atoms with van der Waals surface area (Å²) in [6.45, 7) is 5.40. The fourth-order valence-corrected chi connectivity index (χ4v) is 1.67. The predicted octanol–water partition coefficient (Wildman–Crippen LogP) is 0.569. The molecule has 0 saturated heterocycles. The van der Waals surface area contributed by atoms with Crippen LogP contribution in [0.1, 0.15) is 97.8 Å². The largest absolute Gasteiger partial charge is 3.00 e. The number of carbonyl (C=O) groups is 3. The van der Waals surface area contributed by atoms with Gasteiger partial charge in [-0.05, 0) is 19.3 Å². The molecule has 1 aliphatic rings. The van der Waals surface area contributed by atoms with E-state index in [-0.39, 0.29) is 36.6 Å². The third-order valence-electron chi connectivity index (χ3n) is 2.86. The van der Waals surface area contributed by atoms with E-state index in [1.54, 1.807) is 20.8 Å². The van der Waals surface area contributed by atoms with Crippen molar-refractivity contribution < 1.29 is 29.7 Å². The molecular formula is C18H33AlO6. The second kappa shape index (κ2) is 27.8. The van der Waals surface area contributed by atoms with Gasteiger partial charge in [-0.2, -0.15) is 0 Å². The molecule has 25 heavy (non-hydrogen) atoms. The molecule has 7 heteroatoms. The van der Waals surface area contributed by atoms with E-state index in [1.165, 1.54) is 38.5 Å². The molecule has 0 aliphatic heterocycles. The number of aliphatic carboxylic acids is 3. The normalized spacial score (nSPS) is 11.6. The third-order valence-corrected chi connectivity index (χ3v) is 2.86. The summed E-state index contributed by atoms with van der Waals surface area (Å²) in [7, 11) is 0. The summed E-state index contributed by atoms with van der Waals surface area (Å²) in [4.78, 5) is 28.5. The molecule has 1 fully saturated rings. The van der Waals surface area contributed by atoms with Gasteiger partial charge in [0.15, 0.2) is 0 Å². The fraction of sp³-hybridized carbons (Fsp3) is 0.833. The Morgan fingerprint density at radius 1 is 0.560 bits per heavy atom. The van der Waals surface area contributed by atoms with E-state index in [9.17, 15) is 29.7 Å². The Labute approximate surface area is 163 Å². The van der Waals surface area contributed by atoms with Gasteiger partial charge in [0.2, 0.25) is 0 Å². The predicted molar refractivity (Wildman–Crippen MR) is 93.2 cm³/mol. The molecule has 6 nitrogen and oxygen atoms in total. The zero-order valence-electron chi connectivity index (χ0n) is 16.0. The van der Waals surface area contributed by atoms with Crippen LogP contribution < -0.4 is 15.3 Å². The van der Waals surface area contributed by atoms with Crippen LogP contribution in [0.25, 0.3) is 0 Å². The van der Waals surface area contributed by atoms with E-state index in [0.717, 1.165) is 0 Å². The van der Waals surface area contributed by atoms with Crippen LogP contribution in [-0.2, 0) is 14.4 Å². The van der Waals surface area contributed by atoms with E-state index in [4.69, 9.17) is 0 Å². The molecule has 0 spiro atoms. The minimum absolute atomic E-state index is 0. The molecule has 0 radical (unpaired) electrons. The van der Waals surface area contributed by atoms with Crippen molar-refractivity contribution in [1.29, 1.82) is 0 Å². The minimum atomic E-state index is -0.961. The zero-order chi connectivity index (χ0) is 19.2. The summed E-state index contributed by atoms with van der Waals surface area (Å²) in [5, 5.41) is 28.5. The van der Waals surface area contributed by atoms with Gasteiger partial charge in [-0.1, -0.05) is 78.6 Å². The van der Waals surface area contributed by atoms with Crippen molar-refractivity contribution in [3.63, 3.8) is 0 Å². The molecule has 0 aromatic carbocycles. The number of rotatable bonds is 6. The second-order valence-corrected chi connectivity index (χ2v) is 5.49. The molecule has 0 bridgehead atoms. The molecule has 1 saturated carbocycles. The van der Waals surface area contributed by atoms with Crippen molar-refractivity contribution in [3.8, 4) is 0 Å². The summed E-state index contributed by atoms with van der Waals surface area (Å²) in [5.41, 5.74) is 0. The Bertz CT molecular complexity index is 254. The van der Waals surface area contributed by atoms with Crippen LogP contribution in [0.4, 0.5) is 0 Å². The Morgan fingerprint density at radius 2 is 0.720 bits per heavy atom. The van der Waals surface area contributed by atoms with Gasteiger partial charge >= 0.3 is 17.4 Å². The van der Waals surface area contributed by atoms with Crippen LogP contribution in [0.5, 0.6) is 0 Å². The van der Waals surface area contributed by atoms with Crippen LogP contribution in [0.15, 0.2) is 0 Å². The van der Waals surface area contributed by atoms with E-state index in [2.05, 4.69) is 0 Å². The average Bonchev–Trinajstić information content (AvgIpc) is 2.50. The maximum Gasteiger partial charge on any atom is 3.00 e. The monoisotopic (exact) mass is 372 g/mol. The standard InChI is InChI=1S/C6H12.3C4H8O2.Al/c1-2-4-6-5-3-1;3*1-2-3-4(5)6;/h1-6H2;3*2-3H2,1H3,(H,5,6);/q;;;;+3/p-3. The minimum Gasteiger partial charge on any atom is -0.550 e. The Kier molecular flexibility index (Phi) is 35.2. The number of carbonyl (C=O) groups excluding carboxylic acids is 3. The number of carboxylic acids is 3. The molecule has 1 rings (SSSR count). The van der Waals surface area contributed by atoms with Gasteiger partial charge in [0.25, 0.3) is 0 Å². The first-order chi connectivity index (χ1) is 11.3. The third kappa shape index (κ3) is 51.8. The Morgan fingerprint density at radius 3 is 0.760 bits per heavy atom. The van der Waals surface area contributed by atoms with Gasteiger partial charge in [0.05, 0.1) is 0 Å². The van der Waals surface area contributed by atoms with Crippen molar-refractivity contribution in [2.75, 3.05) is 0 Å². The zero-order valence-corrected chi connectivity index (χ0v) is 17.2. The number of hydrogen-bond donors (Lipinski definition) is 0. The molecule has 0 heterocycles. The number of hydrogen-bond acceptors (Lipinski definition) is 6.